The Bertz CT molecular complexity index is 747. The summed E-state index contributed by atoms with van der Waals surface area (Å²) in [4.78, 5) is 41.0. The van der Waals surface area contributed by atoms with Crippen LogP contribution in [0, 0.1) is 11.8 Å². The Morgan fingerprint density at radius 3 is 2.27 bits per heavy atom. The van der Waals surface area contributed by atoms with Crippen molar-refractivity contribution in [2.75, 3.05) is 13.1 Å². The van der Waals surface area contributed by atoms with Crippen molar-refractivity contribution in [3.8, 4) is 0 Å². The first kappa shape index (κ1) is 17.1. The van der Waals surface area contributed by atoms with Crippen molar-refractivity contribution in [1.82, 2.24) is 9.80 Å². The average Bonchev–Trinajstić information content (AvgIpc) is 3.29. The summed E-state index contributed by atoms with van der Waals surface area (Å²) in [6.07, 6.45) is 1.57. The zero-order valence-electron chi connectivity index (χ0n) is 15.4. The third-order valence-corrected chi connectivity index (χ3v) is 5.42. The molecule has 0 bridgehead atoms. The predicted molar refractivity (Wildman–Crippen MR) is 94.8 cm³/mol. The summed E-state index contributed by atoms with van der Waals surface area (Å²) in [5, 5.41) is 0. The third-order valence-electron chi connectivity index (χ3n) is 5.42. The Labute approximate surface area is 153 Å². The smallest absolute Gasteiger partial charge is 0.410 e. The Kier molecular flexibility index (Phi) is 3.82. The van der Waals surface area contributed by atoms with Gasteiger partial charge in [0.25, 0.3) is 11.8 Å². The van der Waals surface area contributed by atoms with Gasteiger partial charge in [-0.3, -0.25) is 14.5 Å². The van der Waals surface area contributed by atoms with Crippen LogP contribution in [0.4, 0.5) is 4.79 Å². The molecule has 2 aliphatic heterocycles. The molecule has 0 unspecified atom stereocenters. The minimum atomic E-state index is -0.572. The van der Waals surface area contributed by atoms with Gasteiger partial charge in [-0.25, -0.2) is 4.79 Å². The van der Waals surface area contributed by atoms with Crippen LogP contribution in [0.2, 0.25) is 0 Å². The van der Waals surface area contributed by atoms with Gasteiger partial charge < -0.3 is 9.64 Å². The molecule has 3 atom stereocenters. The number of hydrogen-bond donors (Lipinski definition) is 0. The number of fused-ring (bicyclic) bond motifs is 2. The number of rotatable bonds is 2. The third kappa shape index (κ3) is 2.97. The maximum Gasteiger partial charge on any atom is 0.410 e. The van der Waals surface area contributed by atoms with Gasteiger partial charge in [-0.1, -0.05) is 12.1 Å². The molecule has 6 nitrogen and oxygen atoms in total. The molecular formula is C20H24N2O4. The SMILES string of the molecule is CC(C)(C)OC(=O)N1C[C@H]2C[C@H]2C[C@H]1CN1C(=O)c2ccccc2C1=O. The number of hydrogen-bond acceptors (Lipinski definition) is 4. The molecule has 26 heavy (non-hydrogen) atoms. The first-order chi connectivity index (χ1) is 12.2. The molecule has 0 radical (unpaired) electrons. The van der Waals surface area contributed by atoms with Crippen LogP contribution in [-0.2, 0) is 4.74 Å². The molecule has 1 aromatic carbocycles. The summed E-state index contributed by atoms with van der Waals surface area (Å²) >= 11 is 0. The van der Waals surface area contributed by atoms with E-state index in [9.17, 15) is 14.4 Å². The Balaban J connectivity index is 1.53. The normalized spacial score (nSPS) is 27.3. The Morgan fingerprint density at radius 1 is 1.08 bits per heavy atom. The number of carbonyl (C=O) groups is 3. The number of amides is 3. The summed E-state index contributed by atoms with van der Waals surface area (Å²) in [5.74, 6) is 0.579. The largest absolute Gasteiger partial charge is 0.444 e. The highest BCUT2D eigenvalue weighted by atomic mass is 16.6. The lowest BCUT2D eigenvalue weighted by Gasteiger charge is -2.37. The molecule has 138 valence electrons. The van der Waals surface area contributed by atoms with E-state index in [1.165, 1.54) is 4.90 Å². The lowest BCUT2D eigenvalue weighted by molar-refractivity contribution is 0.00420. The number of likely N-dealkylation sites (tertiary alicyclic amines) is 1. The highest BCUT2D eigenvalue weighted by molar-refractivity contribution is 6.21. The van der Waals surface area contributed by atoms with Crippen LogP contribution in [0.5, 0.6) is 0 Å². The summed E-state index contributed by atoms with van der Waals surface area (Å²) in [6.45, 7) is 6.40. The predicted octanol–water partition coefficient (Wildman–Crippen LogP) is 2.93. The van der Waals surface area contributed by atoms with Gasteiger partial charge in [-0.05, 0) is 57.6 Å². The van der Waals surface area contributed by atoms with Crippen molar-refractivity contribution >= 4 is 17.9 Å². The lowest BCUT2D eigenvalue weighted by Crippen LogP contribution is -2.52. The minimum absolute atomic E-state index is 0.184. The molecule has 0 N–H and O–H groups in total. The van der Waals surface area contributed by atoms with E-state index in [-0.39, 0.29) is 30.5 Å². The van der Waals surface area contributed by atoms with Crippen LogP contribution in [0.25, 0.3) is 0 Å². The molecule has 1 saturated carbocycles. The second-order valence-electron chi connectivity index (χ2n) is 8.54. The monoisotopic (exact) mass is 356 g/mol. The number of ether oxygens (including phenoxy) is 1. The molecule has 2 fully saturated rings. The van der Waals surface area contributed by atoms with E-state index in [0.717, 1.165) is 12.8 Å². The van der Waals surface area contributed by atoms with E-state index in [4.69, 9.17) is 4.74 Å². The summed E-state index contributed by atoms with van der Waals surface area (Å²) in [5.41, 5.74) is 0.320. The van der Waals surface area contributed by atoms with Crippen LogP contribution < -0.4 is 0 Å². The quantitative estimate of drug-likeness (QED) is 0.764. The van der Waals surface area contributed by atoms with E-state index < -0.39 is 5.60 Å². The van der Waals surface area contributed by atoms with Gasteiger partial charge in [-0.2, -0.15) is 0 Å². The van der Waals surface area contributed by atoms with Gasteiger partial charge in [-0.15, -0.1) is 0 Å². The van der Waals surface area contributed by atoms with Crippen molar-refractivity contribution in [2.24, 2.45) is 11.8 Å². The maximum atomic E-state index is 12.7. The minimum Gasteiger partial charge on any atom is -0.444 e. The summed E-state index contributed by atoms with van der Waals surface area (Å²) < 4.78 is 5.55. The highest BCUT2D eigenvalue weighted by Gasteiger charge is 2.49. The zero-order chi connectivity index (χ0) is 18.6. The van der Waals surface area contributed by atoms with E-state index in [2.05, 4.69) is 0 Å². The topological polar surface area (TPSA) is 66.9 Å². The van der Waals surface area contributed by atoms with Crippen molar-refractivity contribution in [1.29, 1.82) is 0 Å². The van der Waals surface area contributed by atoms with Gasteiger partial charge in [0, 0.05) is 13.1 Å². The Morgan fingerprint density at radius 2 is 1.69 bits per heavy atom. The number of imide groups is 1. The molecule has 1 saturated heterocycles. The van der Waals surface area contributed by atoms with Gasteiger partial charge in [0.2, 0.25) is 0 Å². The van der Waals surface area contributed by atoms with Gasteiger partial charge in [0.15, 0.2) is 0 Å². The van der Waals surface area contributed by atoms with E-state index >= 15 is 0 Å². The van der Waals surface area contributed by atoms with Crippen molar-refractivity contribution in [3.63, 3.8) is 0 Å². The molecule has 0 spiro atoms. The summed E-state index contributed by atoms with van der Waals surface area (Å²) in [7, 11) is 0. The van der Waals surface area contributed by atoms with Gasteiger partial charge >= 0.3 is 6.09 Å². The molecule has 2 heterocycles. The molecule has 4 rings (SSSR count). The van der Waals surface area contributed by atoms with Gasteiger partial charge in [0.1, 0.15) is 5.60 Å². The first-order valence-electron chi connectivity index (χ1n) is 9.19. The fraction of sp³-hybridized carbons (Fsp3) is 0.550. The second kappa shape index (κ2) is 5.83. The molecule has 0 aromatic heterocycles. The maximum absolute atomic E-state index is 12.7. The second-order valence-corrected chi connectivity index (χ2v) is 8.54. The molecule has 1 aromatic rings. The fourth-order valence-corrected chi connectivity index (χ4v) is 4.03. The van der Waals surface area contributed by atoms with E-state index in [1.54, 1.807) is 29.2 Å². The highest BCUT2D eigenvalue weighted by Crippen LogP contribution is 2.47. The van der Waals surface area contributed by atoms with Crippen molar-refractivity contribution in [2.45, 2.75) is 45.3 Å². The van der Waals surface area contributed by atoms with Crippen LogP contribution >= 0.6 is 0 Å². The molecule has 1 aliphatic carbocycles. The van der Waals surface area contributed by atoms with Crippen molar-refractivity contribution in [3.05, 3.63) is 35.4 Å². The number of nitrogens with zero attached hydrogens (tertiary/aromatic N) is 2. The molecule has 6 heteroatoms. The van der Waals surface area contributed by atoms with E-state index in [1.807, 2.05) is 20.8 Å². The zero-order valence-corrected chi connectivity index (χ0v) is 15.4. The summed E-state index contributed by atoms with van der Waals surface area (Å²) in [6, 6.07) is 6.69. The van der Waals surface area contributed by atoms with Gasteiger partial charge in [0.05, 0.1) is 17.2 Å². The van der Waals surface area contributed by atoms with Crippen LogP contribution in [-0.4, -0.2) is 52.4 Å². The van der Waals surface area contributed by atoms with Crippen LogP contribution in [0.15, 0.2) is 24.3 Å². The van der Waals surface area contributed by atoms with Crippen molar-refractivity contribution < 1.29 is 19.1 Å². The number of carbonyl (C=O) groups excluding carboxylic acids is 3. The average molecular weight is 356 g/mol. The van der Waals surface area contributed by atoms with E-state index in [0.29, 0.717) is 29.5 Å². The lowest BCUT2D eigenvalue weighted by atomic mass is 10.0. The first-order valence-corrected chi connectivity index (χ1v) is 9.19. The molecule has 3 amide bonds. The standard InChI is InChI=1S/C20H24N2O4/c1-20(2,3)26-19(25)21-10-13-8-12(13)9-14(21)11-22-17(23)15-6-4-5-7-16(15)18(22)24/h4-7,12-14H,8-11H2,1-3H3/t12-,13+,14-/m0/s1. The fourth-order valence-electron chi connectivity index (χ4n) is 4.03. The molecule has 3 aliphatic rings. The number of piperidine rings is 1. The van der Waals surface area contributed by atoms with Crippen LogP contribution in [0.3, 0.4) is 0 Å². The Hall–Kier alpha value is -2.37. The number of benzene rings is 1. The van der Waals surface area contributed by atoms with Crippen LogP contribution in [0.1, 0.15) is 54.3 Å². The molecular weight excluding hydrogens is 332 g/mol.